The molecule has 0 N–H and O–H groups in total. The molecule has 1 aromatic rings. The van der Waals surface area contributed by atoms with Gasteiger partial charge in [0.1, 0.15) is 0 Å². The van der Waals surface area contributed by atoms with E-state index in [4.69, 9.17) is 4.74 Å². The molecule has 0 aliphatic carbocycles. The molecule has 22 heavy (non-hydrogen) atoms. The molecule has 0 amide bonds. The van der Waals surface area contributed by atoms with Gasteiger partial charge >= 0.3 is 0 Å². The van der Waals surface area contributed by atoms with E-state index in [9.17, 15) is 8.42 Å². The molecule has 2 aliphatic heterocycles. The molecule has 2 heterocycles. The monoisotopic (exact) mass is 341 g/mol. The number of likely N-dealkylation sites (tertiary alicyclic amines) is 1. The molecule has 0 aromatic heterocycles. The summed E-state index contributed by atoms with van der Waals surface area (Å²) in [5.74, 6) is 1.12. The van der Waals surface area contributed by atoms with E-state index >= 15 is 0 Å². The van der Waals surface area contributed by atoms with Crippen LogP contribution < -0.4 is 0 Å². The average Bonchev–Trinajstić information content (AvgIpc) is 2.82. The van der Waals surface area contributed by atoms with Crippen molar-refractivity contribution in [3.8, 4) is 0 Å². The number of rotatable bonds is 5. The van der Waals surface area contributed by atoms with Gasteiger partial charge in [0.15, 0.2) is 9.84 Å². The Balaban J connectivity index is 1.52. The average molecular weight is 341 g/mol. The summed E-state index contributed by atoms with van der Waals surface area (Å²) in [6, 6.07) is 7.25. The molecule has 2 fully saturated rings. The number of nitrogens with zero attached hydrogens (tertiary/aromatic N) is 1. The number of ether oxygens (including phenoxy) is 1. The van der Waals surface area contributed by atoms with Crippen LogP contribution in [0.3, 0.4) is 0 Å². The smallest absolute Gasteiger partial charge is 0.175 e. The van der Waals surface area contributed by atoms with Crippen molar-refractivity contribution in [2.75, 3.05) is 31.7 Å². The second-order valence-electron chi connectivity index (χ2n) is 6.34. The summed E-state index contributed by atoms with van der Waals surface area (Å²) >= 11 is 2.05. The third-order valence-corrected chi connectivity index (χ3v) is 7.06. The Morgan fingerprint density at radius 3 is 2.59 bits per heavy atom. The Labute approximate surface area is 137 Å². The van der Waals surface area contributed by atoms with Crippen LogP contribution >= 0.6 is 11.8 Å². The first-order valence-electron chi connectivity index (χ1n) is 7.67. The normalized spacial score (nSPS) is 24.5. The number of hydrogen-bond acceptors (Lipinski definition) is 5. The lowest BCUT2D eigenvalue weighted by atomic mass is 9.92. The van der Waals surface area contributed by atoms with Crippen molar-refractivity contribution in [1.29, 1.82) is 0 Å². The Morgan fingerprint density at radius 1 is 1.32 bits per heavy atom. The Hall–Kier alpha value is -0.560. The molecule has 3 rings (SSSR count). The Bertz CT molecular complexity index is 621. The summed E-state index contributed by atoms with van der Waals surface area (Å²) < 4.78 is 29.1. The zero-order valence-corrected chi connectivity index (χ0v) is 14.8. The molecule has 0 saturated carbocycles. The highest BCUT2D eigenvalue weighted by atomic mass is 32.2. The summed E-state index contributed by atoms with van der Waals surface area (Å²) in [5, 5.41) is 0. The topological polar surface area (TPSA) is 46.6 Å². The van der Waals surface area contributed by atoms with E-state index in [2.05, 4.69) is 23.6 Å². The maximum atomic E-state index is 11.5. The SMILES string of the molecule is CCO[C@@H]1CSC2(C1)CN(Cc1ccc(S(C)(=O)=O)cc1)C2. The molecule has 0 unspecified atom stereocenters. The highest BCUT2D eigenvalue weighted by Crippen LogP contribution is 2.46. The lowest BCUT2D eigenvalue weighted by Crippen LogP contribution is -2.58. The van der Waals surface area contributed by atoms with Crippen molar-refractivity contribution < 1.29 is 13.2 Å². The van der Waals surface area contributed by atoms with E-state index < -0.39 is 9.84 Å². The van der Waals surface area contributed by atoms with Crippen LogP contribution in [0.25, 0.3) is 0 Å². The van der Waals surface area contributed by atoms with Gasteiger partial charge in [0, 0.05) is 43.0 Å². The molecule has 4 nitrogen and oxygen atoms in total. The van der Waals surface area contributed by atoms with Gasteiger partial charge in [-0.1, -0.05) is 12.1 Å². The third-order valence-electron chi connectivity index (χ3n) is 4.36. The van der Waals surface area contributed by atoms with Gasteiger partial charge in [-0.05, 0) is 31.0 Å². The molecule has 1 atom stereocenters. The largest absolute Gasteiger partial charge is 0.378 e. The lowest BCUT2D eigenvalue weighted by Gasteiger charge is -2.47. The van der Waals surface area contributed by atoms with Gasteiger partial charge in [-0.25, -0.2) is 8.42 Å². The van der Waals surface area contributed by atoms with E-state index in [1.807, 2.05) is 12.1 Å². The van der Waals surface area contributed by atoms with Gasteiger partial charge in [-0.3, -0.25) is 4.90 Å². The lowest BCUT2D eigenvalue weighted by molar-refractivity contribution is 0.0417. The number of hydrogen-bond donors (Lipinski definition) is 0. The highest BCUT2D eigenvalue weighted by molar-refractivity contribution is 8.01. The zero-order valence-electron chi connectivity index (χ0n) is 13.1. The van der Waals surface area contributed by atoms with E-state index in [-0.39, 0.29) is 0 Å². The zero-order chi connectivity index (χ0) is 15.8. The minimum Gasteiger partial charge on any atom is -0.378 e. The van der Waals surface area contributed by atoms with Crippen molar-refractivity contribution in [3.63, 3.8) is 0 Å². The van der Waals surface area contributed by atoms with Gasteiger partial charge in [0.25, 0.3) is 0 Å². The van der Waals surface area contributed by atoms with Crippen molar-refractivity contribution in [2.45, 2.75) is 35.6 Å². The summed E-state index contributed by atoms with van der Waals surface area (Å²) in [6.07, 6.45) is 2.83. The van der Waals surface area contributed by atoms with Crippen molar-refractivity contribution in [2.24, 2.45) is 0 Å². The van der Waals surface area contributed by atoms with Crippen LogP contribution in [-0.4, -0.2) is 55.9 Å². The molecule has 2 saturated heterocycles. The fourth-order valence-corrected chi connectivity index (χ4v) is 5.58. The van der Waals surface area contributed by atoms with Crippen molar-refractivity contribution in [1.82, 2.24) is 4.90 Å². The van der Waals surface area contributed by atoms with Crippen LogP contribution in [-0.2, 0) is 21.1 Å². The van der Waals surface area contributed by atoms with Crippen LogP contribution in [0.5, 0.6) is 0 Å². The second-order valence-corrected chi connectivity index (χ2v) is 9.84. The van der Waals surface area contributed by atoms with Crippen LogP contribution in [0.4, 0.5) is 0 Å². The Morgan fingerprint density at radius 2 is 2.00 bits per heavy atom. The molecule has 122 valence electrons. The van der Waals surface area contributed by atoms with E-state index in [1.54, 1.807) is 12.1 Å². The van der Waals surface area contributed by atoms with Gasteiger partial charge in [0.2, 0.25) is 0 Å². The fourth-order valence-electron chi connectivity index (χ4n) is 3.35. The summed E-state index contributed by atoms with van der Waals surface area (Å²) in [6.45, 7) is 5.97. The molecule has 1 aromatic carbocycles. The minimum atomic E-state index is -3.10. The van der Waals surface area contributed by atoms with Gasteiger partial charge in [-0.15, -0.1) is 11.8 Å². The number of thioether (sulfide) groups is 1. The fraction of sp³-hybridized carbons (Fsp3) is 0.625. The van der Waals surface area contributed by atoms with Crippen LogP contribution in [0, 0.1) is 0 Å². The van der Waals surface area contributed by atoms with Gasteiger partial charge in [-0.2, -0.15) is 0 Å². The van der Waals surface area contributed by atoms with Crippen LogP contribution in [0.1, 0.15) is 18.9 Å². The predicted molar refractivity (Wildman–Crippen MR) is 90.0 cm³/mol. The summed E-state index contributed by atoms with van der Waals surface area (Å²) in [7, 11) is -3.10. The molecular weight excluding hydrogens is 318 g/mol. The first kappa shape index (κ1) is 16.3. The minimum absolute atomic E-state index is 0.391. The first-order chi connectivity index (χ1) is 10.4. The number of sulfone groups is 1. The van der Waals surface area contributed by atoms with Crippen LogP contribution in [0.2, 0.25) is 0 Å². The third kappa shape index (κ3) is 3.50. The molecule has 1 spiro atoms. The molecular formula is C16H23NO3S2. The maximum absolute atomic E-state index is 11.5. The van der Waals surface area contributed by atoms with E-state index in [0.29, 0.717) is 15.7 Å². The van der Waals surface area contributed by atoms with E-state index in [1.165, 1.54) is 11.8 Å². The molecule has 0 radical (unpaired) electrons. The summed E-state index contributed by atoms with van der Waals surface area (Å²) in [4.78, 5) is 2.82. The van der Waals surface area contributed by atoms with Crippen molar-refractivity contribution in [3.05, 3.63) is 29.8 Å². The predicted octanol–water partition coefficient (Wildman–Crippen LogP) is 2.19. The first-order valence-corrected chi connectivity index (χ1v) is 10.5. The highest BCUT2D eigenvalue weighted by Gasteiger charge is 2.48. The van der Waals surface area contributed by atoms with Crippen molar-refractivity contribution >= 4 is 21.6 Å². The Kier molecular flexibility index (Phi) is 4.56. The summed E-state index contributed by atoms with van der Waals surface area (Å²) in [5.41, 5.74) is 1.17. The van der Waals surface area contributed by atoms with Gasteiger partial charge < -0.3 is 4.74 Å². The second kappa shape index (κ2) is 6.15. The quantitative estimate of drug-likeness (QED) is 0.821. The molecule has 2 aliphatic rings. The standard InChI is InChI=1S/C16H23NO3S2/c1-3-20-14-8-16(21-10-14)11-17(12-16)9-13-4-6-15(7-5-13)22(2,18)19/h4-7,14H,3,8-12H2,1-2H3/t14-/m0/s1. The molecule has 6 heteroatoms. The van der Waals surface area contributed by atoms with Crippen LogP contribution in [0.15, 0.2) is 29.2 Å². The molecule has 0 bridgehead atoms. The van der Waals surface area contributed by atoms with E-state index in [0.717, 1.165) is 38.4 Å². The maximum Gasteiger partial charge on any atom is 0.175 e. The number of benzene rings is 1. The van der Waals surface area contributed by atoms with Gasteiger partial charge in [0.05, 0.1) is 11.0 Å².